The van der Waals surface area contributed by atoms with Gasteiger partial charge in [-0.2, -0.15) is 13.2 Å². The fourth-order valence-corrected chi connectivity index (χ4v) is 6.93. The highest BCUT2D eigenvalue weighted by Crippen LogP contribution is 2.46. The van der Waals surface area contributed by atoms with Gasteiger partial charge in [0.25, 0.3) is 0 Å². The number of benzene rings is 1. The second-order valence-electron chi connectivity index (χ2n) is 10.9. The van der Waals surface area contributed by atoms with E-state index in [1.807, 2.05) is 39.2 Å². The van der Waals surface area contributed by atoms with Crippen LogP contribution in [0.2, 0.25) is 0 Å². The van der Waals surface area contributed by atoms with Gasteiger partial charge in [-0.1, -0.05) is 45.9 Å². The lowest BCUT2D eigenvalue weighted by Gasteiger charge is -2.35. The van der Waals surface area contributed by atoms with Crippen molar-refractivity contribution in [2.24, 2.45) is 16.8 Å². The van der Waals surface area contributed by atoms with E-state index in [1.165, 1.54) is 31.8 Å². The van der Waals surface area contributed by atoms with Crippen molar-refractivity contribution < 1.29 is 13.2 Å². The van der Waals surface area contributed by atoms with Gasteiger partial charge in [-0.15, -0.1) is 11.8 Å². The van der Waals surface area contributed by atoms with Crippen LogP contribution in [-0.4, -0.2) is 54.0 Å². The number of hydrogen-bond acceptors (Lipinski definition) is 5. The zero-order valence-electron chi connectivity index (χ0n) is 24.5. The molecule has 3 heterocycles. The number of thioether (sulfide) groups is 1. The summed E-state index contributed by atoms with van der Waals surface area (Å²) >= 11 is 1.68. The molecule has 0 aromatic heterocycles. The van der Waals surface area contributed by atoms with Crippen molar-refractivity contribution in [2.75, 3.05) is 37.8 Å². The lowest BCUT2D eigenvalue weighted by molar-refractivity contribution is -0.0909. The van der Waals surface area contributed by atoms with Crippen LogP contribution < -0.4 is 4.90 Å². The van der Waals surface area contributed by atoms with Gasteiger partial charge < -0.3 is 9.80 Å². The Hall–Kier alpha value is -2.45. The van der Waals surface area contributed by atoms with Crippen LogP contribution in [0.25, 0.3) is 0 Å². The van der Waals surface area contributed by atoms with E-state index in [0.29, 0.717) is 29.8 Å². The van der Waals surface area contributed by atoms with Crippen LogP contribution in [0.3, 0.4) is 0 Å². The second-order valence-corrected chi connectivity index (χ2v) is 11.8. The molecule has 1 saturated carbocycles. The Balaban J connectivity index is 0.00000181. The SMILES string of the molecule is C=C1N2C=C(CN3CCC[C@H](C)C3)C=C(C(F)(F)F)C2=CN1c1cccc(C(C(=NC)SC)C2CCC2)c1.CC. The van der Waals surface area contributed by atoms with Gasteiger partial charge in [-0.3, -0.25) is 9.89 Å². The summed E-state index contributed by atoms with van der Waals surface area (Å²) in [6.07, 6.45) is 8.17. The molecule has 1 saturated heterocycles. The molecule has 1 aromatic carbocycles. The molecule has 0 radical (unpaired) electrons. The van der Waals surface area contributed by atoms with Gasteiger partial charge in [0.1, 0.15) is 5.82 Å². The van der Waals surface area contributed by atoms with Crippen LogP contribution in [0.5, 0.6) is 0 Å². The van der Waals surface area contributed by atoms with Gasteiger partial charge in [0.2, 0.25) is 0 Å². The zero-order valence-corrected chi connectivity index (χ0v) is 25.3. The smallest absolute Gasteiger partial charge is 0.301 e. The predicted molar refractivity (Wildman–Crippen MR) is 163 cm³/mol. The molecule has 1 unspecified atom stereocenters. The van der Waals surface area contributed by atoms with Crippen molar-refractivity contribution in [3.8, 4) is 0 Å². The molecule has 0 bridgehead atoms. The maximum absolute atomic E-state index is 14.3. The summed E-state index contributed by atoms with van der Waals surface area (Å²) in [6, 6.07) is 8.15. The van der Waals surface area contributed by atoms with Crippen molar-refractivity contribution in [1.29, 1.82) is 0 Å². The number of hydrogen-bond donors (Lipinski definition) is 0. The molecule has 2 fully saturated rings. The third-order valence-corrected chi connectivity index (χ3v) is 9.10. The molecule has 4 aliphatic rings. The first-order chi connectivity index (χ1) is 19.2. The molecular weight excluding hydrogens is 529 g/mol. The Morgan fingerprint density at radius 1 is 1.12 bits per heavy atom. The number of anilines is 1. The van der Waals surface area contributed by atoms with Gasteiger partial charge in [-0.25, -0.2) is 0 Å². The first-order valence-electron chi connectivity index (χ1n) is 14.5. The van der Waals surface area contributed by atoms with E-state index < -0.39 is 11.7 Å². The molecule has 5 rings (SSSR count). The average molecular weight is 573 g/mol. The Bertz CT molecular complexity index is 1190. The van der Waals surface area contributed by atoms with E-state index in [4.69, 9.17) is 0 Å². The van der Waals surface area contributed by atoms with Crippen molar-refractivity contribution in [1.82, 2.24) is 9.80 Å². The summed E-state index contributed by atoms with van der Waals surface area (Å²) in [5, 5.41) is 1.10. The molecule has 8 heteroatoms. The van der Waals surface area contributed by atoms with E-state index in [9.17, 15) is 13.2 Å². The van der Waals surface area contributed by atoms with Gasteiger partial charge in [0.15, 0.2) is 0 Å². The third-order valence-electron chi connectivity index (χ3n) is 8.24. The maximum atomic E-state index is 14.3. The van der Waals surface area contributed by atoms with Crippen molar-refractivity contribution >= 4 is 22.5 Å². The molecule has 1 aliphatic carbocycles. The number of allylic oxidation sites excluding steroid dienone is 1. The molecule has 0 spiro atoms. The lowest BCUT2D eigenvalue weighted by Crippen LogP contribution is -2.36. The lowest BCUT2D eigenvalue weighted by atomic mass is 9.73. The van der Waals surface area contributed by atoms with Crippen molar-refractivity contribution in [3.05, 3.63) is 77.5 Å². The monoisotopic (exact) mass is 572 g/mol. The normalized spacial score (nSPS) is 23.0. The average Bonchev–Trinajstić information content (AvgIpc) is 3.24. The molecule has 218 valence electrons. The van der Waals surface area contributed by atoms with Gasteiger partial charge >= 0.3 is 6.18 Å². The van der Waals surface area contributed by atoms with Crippen LogP contribution in [0.15, 0.2) is 77.0 Å². The topological polar surface area (TPSA) is 22.1 Å². The van der Waals surface area contributed by atoms with Crippen LogP contribution in [0.4, 0.5) is 18.9 Å². The predicted octanol–water partition coefficient (Wildman–Crippen LogP) is 8.54. The Kier molecular flexibility index (Phi) is 9.93. The summed E-state index contributed by atoms with van der Waals surface area (Å²) in [6.45, 7) is 12.8. The highest BCUT2D eigenvalue weighted by atomic mass is 32.2. The number of aliphatic imine (C=N–C) groups is 1. The van der Waals surface area contributed by atoms with E-state index in [2.05, 4.69) is 41.8 Å². The molecule has 4 nitrogen and oxygen atoms in total. The fraction of sp³-hybridized carbons (Fsp3) is 0.531. The summed E-state index contributed by atoms with van der Waals surface area (Å²) in [4.78, 5) is 10.2. The number of halogens is 3. The first kappa shape index (κ1) is 30.5. The molecular formula is C32H43F3N4S. The largest absolute Gasteiger partial charge is 0.418 e. The fourth-order valence-electron chi connectivity index (χ4n) is 6.16. The minimum atomic E-state index is -4.46. The van der Waals surface area contributed by atoms with Gasteiger partial charge in [0, 0.05) is 44.1 Å². The number of likely N-dealkylation sites (tertiary alicyclic amines) is 1. The van der Waals surface area contributed by atoms with E-state index in [1.54, 1.807) is 27.8 Å². The minimum absolute atomic E-state index is 0.124. The minimum Gasteiger partial charge on any atom is -0.301 e. The summed E-state index contributed by atoms with van der Waals surface area (Å²) in [5.41, 5.74) is 2.14. The molecule has 2 atom stereocenters. The Morgan fingerprint density at radius 2 is 1.88 bits per heavy atom. The van der Waals surface area contributed by atoms with Gasteiger partial charge in [0.05, 0.1) is 16.3 Å². The molecule has 0 N–H and O–H groups in total. The zero-order chi connectivity index (χ0) is 29.0. The van der Waals surface area contributed by atoms with Crippen LogP contribution in [0, 0.1) is 11.8 Å². The molecule has 1 aromatic rings. The number of rotatable bonds is 6. The van der Waals surface area contributed by atoms with Crippen LogP contribution >= 0.6 is 11.8 Å². The molecule has 3 aliphatic heterocycles. The quantitative estimate of drug-likeness (QED) is 0.252. The highest BCUT2D eigenvalue weighted by molar-refractivity contribution is 8.13. The van der Waals surface area contributed by atoms with E-state index in [0.717, 1.165) is 35.8 Å². The van der Waals surface area contributed by atoms with Crippen LogP contribution in [0.1, 0.15) is 64.4 Å². The number of fused-ring (bicyclic) bond motifs is 1. The summed E-state index contributed by atoms with van der Waals surface area (Å²) in [5.74, 6) is 1.82. The first-order valence-corrected chi connectivity index (χ1v) is 15.7. The maximum Gasteiger partial charge on any atom is 0.418 e. The summed E-state index contributed by atoms with van der Waals surface area (Å²) in [7, 11) is 1.84. The Labute approximate surface area is 242 Å². The van der Waals surface area contributed by atoms with Crippen LogP contribution in [-0.2, 0) is 0 Å². The van der Waals surface area contributed by atoms with Crippen molar-refractivity contribution in [3.63, 3.8) is 0 Å². The third kappa shape index (κ3) is 6.38. The summed E-state index contributed by atoms with van der Waals surface area (Å²) < 4.78 is 42.8. The number of piperidine rings is 1. The van der Waals surface area contributed by atoms with Crippen molar-refractivity contribution in [2.45, 2.75) is 65.0 Å². The van der Waals surface area contributed by atoms with Gasteiger partial charge in [-0.05, 0) is 79.7 Å². The second kappa shape index (κ2) is 13.0. The molecule has 40 heavy (non-hydrogen) atoms. The number of nitrogens with zero attached hydrogens (tertiary/aromatic N) is 4. The molecule has 0 amide bonds. The van der Waals surface area contributed by atoms with E-state index >= 15 is 0 Å². The number of alkyl halides is 3. The Morgan fingerprint density at radius 3 is 2.48 bits per heavy atom. The highest BCUT2D eigenvalue weighted by Gasteiger charge is 2.43. The van der Waals surface area contributed by atoms with E-state index in [-0.39, 0.29) is 11.6 Å². The standard InChI is InChI=1S/C30H37F3N4S.C2H6/c1-20-8-7-13-35(16-20)17-22-14-26(30(31,32)33)27-19-36(21(2)37(27)18-22)25-12-6-11-24(15-25)28(23-9-5-10-23)29(34-3)38-4;1-2/h6,11-12,14-15,18-20,23,28H,2,5,7-10,13,16-17H2,1,3-4H3;1-2H3/t20-,28?;/m0./s1.